The molecule has 3 aromatic rings. The van der Waals surface area contributed by atoms with Crippen molar-refractivity contribution in [2.75, 3.05) is 0 Å². The van der Waals surface area contributed by atoms with Crippen molar-refractivity contribution in [3.63, 3.8) is 0 Å². The molecule has 0 spiro atoms. The SMILES string of the molecule is C[C@@H](c1ccccc1)C1(C(F)(F)F)C=CC=CC1c1cc(C(N)=O)c2ccccc2n1. The fourth-order valence-electron chi connectivity index (χ4n) is 4.50. The molecule has 0 aliphatic heterocycles. The summed E-state index contributed by atoms with van der Waals surface area (Å²) in [6.07, 6.45) is 1.17. The van der Waals surface area contributed by atoms with Gasteiger partial charge in [0, 0.05) is 17.0 Å². The third-order valence-electron chi connectivity index (χ3n) is 6.13. The second kappa shape index (κ2) is 7.69. The van der Waals surface area contributed by atoms with Crippen LogP contribution in [0.5, 0.6) is 0 Å². The van der Waals surface area contributed by atoms with E-state index >= 15 is 0 Å². The zero-order valence-electron chi connectivity index (χ0n) is 16.8. The zero-order chi connectivity index (χ0) is 22.2. The minimum absolute atomic E-state index is 0.159. The molecule has 2 aromatic carbocycles. The standard InChI is InChI=1S/C25H21F3N2O/c1-16(17-9-3-2-4-10-17)24(25(26,27)28)14-8-7-12-20(24)22-15-19(23(29)31)18-11-5-6-13-21(18)30-22/h2-16,20H,1H3,(H2,29,31)/t16-,20?,24?/m0/s1. The Hall–Kier alpha value is -3.41. The van der Waals surface area contributed by atoms with Crippen molar-refractivity contribution in [1.82, 2.24) is 4.98 Å². The van der Waals surface area contributed by atoms with Crippen LogP contribution < -0.4 is 5.73 Å². The molecule has 2 N–H and O–H groups in total. The van der Waals surface area contributed by atoms with E-state index in [1.165, 1.54) is 24.3 Å². The van der Waals surface area contributed by atoms with Gasteiger partial charge in [0.05, 0.1) is 11.1 Å². The van der Waals surface area contributed by atoms with Gasteiger partial charge in [-0.1, -0.05) is 79.8 Å². The van der Waals surface area contributed by atoms with E-state index in [1.54, 1.807) is 67.6 Å². The number of nitrogens with two attached hydrogens (primary N) is 1. The maximum Gasteiger partial charge on any atom is 0.399 e. The Labute approximate surface area is 178 Å². The van der Waals surface area contributed by atoms with Crippen molar-refractivity contribution >= 4 is 16.8 Å². The first-order valence-electron chi connectivity index (χ1n) is 9.93. The Kier molecular flexibility index (Phi) is 5.17. The first-order chi connectivity index (χ1) is 14.8. The van der Waals surface area contributed by atoms with Gasteiger partial charge in [-0.3, -0.25) is 9.78 Å². The topological polar surface area (TPSA) is 56.0 Å². The minimum Gasteiger partial charge on any atom is -0.366 e. The highest BCUT2D eigenvalue weighted by atomic mass is 19.4. The third-order valence-corrected chi connectivity index (χ3v) is 6.13. The number of aromatic nitrogens is 1. The summed E-state index contributed by atoms with van der Waals surface area (Å²) in [6, 6.07) is 16.8. The van der Waals surface area contributed by atoms with Gasteiger partial charge in [0.1, 0.15) is 5.41 Å². The third kappa shape index (κ3) is 3.42. The monoisotopic (exact) mass is 422 g/mol. The number of para-hydroxylation sites is 1. The summed E-state index contributed by atoms with van der Waals surface area (Å²) in [6.45, 7) is 1.58. The molecule has 31 heavy (non-hydrogen) atoms. The van der Waals surface area contributed by atoms with Gasteiger partial charge in [-0.15, -0.1) is 0 Å². The van der Waals surface area contributed by atoms with E-state index in [0.717, 1.165) is 0 Å². The number of hydrogen-bond acceptors (Lipinski definition) is 2. The number of nitrogens with zero attached hydrogens (tertiary/aromatic N) is 1. The number of benzene rings is 2. The lowest BCUT2D eigenvalue weighted by molar-refractivity contribution is -0.217. The van der Waals surface area contributed by atoms with Crippen LogP contribution in [0.1, 0.15) is 40.4 Å². The number of pyridine rings is 1. The predicted molar refractivity (Wildman–Crippen MR) is 115 cm³/mol. The Morgan fingerprint density at radius 1 is 1.06 bits per heavy atom. The second-order valence-electron chi connectivity index (χ2n) is 7.76. The summed E-state index contributed by atoms with van der Waals surface area (Å²) in [5.74, 6) is -2.73. The van der Waals surface area contributed by atoms with Crippen LogP contribution in [0.25, 0.3) is 10.9 Å². The maximum absolute atomic E-state index is 14.8. The summed E-state index contributed by atoms with van der Waals surface area (Å²) in [7, 11) is 0. The van der Waals surface area contributed by atoms with Gasteiger partial charge in [0.25, 0.3) is 0 Å². The average molecular weight is 422 g/mol. The van der Waals surface area contributed by atoms with Crippen molar-refractivity contribution < 1.29 is 18.0 Å². The van der Waals surface area contributed by atoms with E-state index in [4.69, 9.17) is 5.73 Å². The molecule has 1 heterocycles. The van der Waals surface area contributed by atoms with Crippen molar-refractivity contribution in [2.24, 2.45) is 11.1 Å². The molecule has 3 nitrogen and oxygen atoms in total. The Bertz CT molecular complexity index is 1180. The Balaban J connectivity index is 1.97. The van der Waals surface area contributed by atoms with Crippen LogP contribution in [-0.2, 0) is 0 Å². The first-order valence-corrected chi connectivity index (χ1v) is 9.93. The Morgan fingerprint density at radius 2 is 1.74 bits per heavy atom. The number of hydrogen-bond donors (Lipinski definition) is 1. The maximum atomic E-state index is 14.8. The minimum atomic E-state index is -4.58. The first kappa shape index (κ1) is 20.8. The van der Waals surface area contributed by atoms with Gasteiger partial charge in [-0.25, -0.2) is 0 Å². The van der Waals surface area contributed by atoms with E-state index in [0.29, 0.717) is 16.5 Å². The number of alkyl halides is 3. The summed E-state index contributed by atoms with van der Waals surface area (Å²) in [4.78, 5) is 16.6. The molecule has 4 rings (SSSR count). The van der Waals surface area contributed by atoms with Gasteiger partial charge >= 0.3 is 6.18 Å². The highest BCUT2D eigenvalue weighted by Gasteiger charge is 2.61. The number of rotatable bonds is 4. The summed E-state index contributed by atoms with van der Waals surface area (Å²) in [5.41, 5.74) is 4.64. The molecule has 0 saturated carbocycles. The largest absolute Gasteiger partial charge is 0.399 e. The van der Waals surface area contributed by atoms with Gasteiger partial charge in [0.2, 0.25) is 5.91 Å². The van der Waals surface area contributed by atoms with E-state index in [-0.39, 0.29) is 11.3 Å². The van der Waals surface area contributed by atoms with Crippen molar-refractivity contribution in [3.8, 4) is 0 Å². The Morgan fingerprint density at radius 3 is 2.42 bits per heavy atom. The summed E-state index contributed by atoms with van der Waals surface area (Å²) < 4.78 is 44.5. The van der Waals surface area contributed by atoms with Gasteiger partial charge in [0.15, 0.2) is 0 Å². The molecule has 0 fully saturated rings. The lowest BCUT2D eigenvalue weighted by Crippen LogP contribution is -2.46. The molecule has 3 atom stereocenters. The van der Waals surface area contributed by atoms with E-state index in [9.17, 15) is 18.0 Å². The second-order valence-corrected chi connectivity index (χ2v) is 7.76. The fourth-order valence-corrected chi connectivity index (χ4v) is 4.50. The van der Waals surface area contributed by atoms with E-state index in [2.05, 4.69) is 4.98 Å². The molecule has 0 bridgehead atoms. The number of halogens is 3. The molecule has 2 unspecified atom stereocenters. The fraction of sp³-hybridized carbons (Fsp3) is 0.200. The zero-order valence-corrected chi connectivity index (χ0v) is 16.8. The van der Waals surface area contributed by atoms with Crippen LogP contribution in [0.4, 0.5) is 13.2 Å². The molecule has 6 heteroatoms. The lowest BCUT2D eigenvalue weighted by atomic mass is 9.61. The molecule has 1 amide bonds. The molecule has 1 aliphatic carbocycles. The smallest absolute Gasteiger partial charge is 0.366 e. The van der Waals surface area contributed by atoms with E-state index < -0.39 is 29.3 Å². The highest BCUT2D eigenvalue weighted by Crippen LogP contribution is 2.59. The molecule has 0 radical (unpaired) electrons. The number of carbonyl (C=O) groups is 1. The number of fused-ring (bicyclic) bond motifs is 1. The van der Waals surface area contributed by atoms with Gasteiger partial charge < -0.3 is 5.73 Å². The normalized spacial score (nSPS) is 21.9. The van der Waals surface area contributed by atoms with Crippen molar-refractivity contribution in [3.05, 3.63) is 102 Å². The van der Waals surface area contributed by atoms with Gasteiger partial charge in [-0.2, -0.15) is 13.2 Å². The molecule has 0 saturated heterocycles. The molecular formula is C25H21F3N2O. The molecule has 1 aliphatic rings. The highest BCUT2D eigenvalue weighted by molar-refractivity contribution is 6.05. The summed E-state index contributed by atoms with van der Waals surface area (Å²) >= 11 is 0. The van der Waals surface area contributed by atoms with Crippen LogP contribution in [-0.4, -0.2) is 17.1 Å². The predicted octanol–water partition coefficient (Wildman–Crippen LogP) is 5.90. The van der Waals surface area contributed by atoms with Gasteiger partial charge in [-0.05, 0) is 23.6 Å². The van der Waals surface area contributed by atoms with Crippen LogP contribution in [0, 0.1) is 5.41 Å². The number of carbonyl (C=O) groups excluding carboxylic acids is 1. The molecule has 1 aromatic heterocycles. The summed E-state index contributed by atoms with van der Waals surface area (Å²) in [5, 5.41) is 0.516. The molecule has 158 valence electrons. The van der Waals surface area contributed by atoms with Crippen LogP contribution >= 0.6 is 0 Å². The van der Waals surface area contributed by atoms with Crippen LogP contribution in [0.3, 0.4) is 0 Å². The quantitative estimate of drug-likeness (QED) is 0.569. The lowest BCUT2D eigenvalue weighted by Gasteiger charge is -2.44. The van der Waals surface area contributed by atoms with Crippen molar-refractivity contribution in [1.29, 1.82) is 0 Å². The van der Waals surface area contributed by atoms with Crippen molar-refractivity contribution in [2.45, 2.75) is 24.9 Å². The number of allylic oxidation sites excluding steroid dienone is 4. The number of amides is 1. The average Bonchev–Trinajstić information content (AvgIpc) is 2.77. The van der Waals surface area contributed by atoms with E-state index in [1.807, 2.05) is 0 Å². The molecular weight excluding hydrogens is 401 g/mol. The van der Waals surface area contributed by atoms with Crippen LogP contribution in [0.2, 0.25) is 0 Å². The van der Waals surface area contributed by atoms with Crippen LogP contribution in [0.15, 0.2) is 85.0 Å². The number of primary amides is 1.